The van der Waals surface area contributed by atoms with Gasteiger partial charge in [0.2, 0.25) is 0 Å². The molecule has 0 unspecified atom stereocenters. The number of hydrogen-bond acceptors (Lipinski definition) is 4. The first-order valence-corrected chi connectivity index (χ1v) is 11.0. The largest absolute Gasteiger partial charge is 0.357 e. The number of anilines is 1. The molecular weight excluding hydrogens is 515 g/mol. The van der Waals surface area contributed by atoms with Crippen LogP contribution >= 0.6 is 24.0 Å². The van der Waals surface area contributed by atoms with Gasteiger partial charge in [-0.3, -0.25) is 4.79 Å². The summed E-state index contributed by atoms with van der Waals surface area (Å²) in [6.45, 7) is 12.9. The normalized spacial score (nSPS) is 14.6. The smallest absolute Gasteiger partial charge is 0.251 e. The zero-order chi connectivity index (χ0) is 22.3. The molecule has 1 aliphatic rings. The van der Waals surface area contributed by atoms with E-state index in [1.54, 1.807) is 0 Å². The van der Waals surface area contributed by atoms with E-state index in [1.807, 2.05) is 63.4 Å². The number of piperazine rings is 1. The van der Waals surface area contributed by atoms with E-state index in [4.69, 9.17) is 4.99 Å². The molecule has 8 heteroatoms. The van der Waals surface area contributed by atoms with Crippen LogP contribution < -0.4 is 15.5 Å². The van der Waals surface area contributed by atoms with Gasteiger partial charge in [-0.15, -0.1) is 24.0 Å². The van der Waals surface area contributed by atoms with E-state index in [9.17, 15) is 4.79 Å². The quantitative estimate of drug-likeness (QED) is 0.339. The number of benzene rings is 1. The number of rotatable bonds is 5. The van der Waals surface area contributed by atoms with Crippen LogP contribution in [0, 0.1) is 0 Å². The second-order valence-electron chi connectivity index (χ2n) is 8.74. The summed E-state index contributed by atoms with van der Waals surface area (Å²) in [5.74, 6) is 1.87. The minimum absolute atomic E-state index is 0. The lowest BCUT2D eigenvalue weighted by Crippen LogP contribution is -2.52. The van der Waals surface area contributed by atoms with Crippen molar-refractivity contribution in [1.29, 1.82) is 0 Å². The number of amides is 1. The van der Waals surface area contributed by atoms with E-state index in [-0.39, 0.29) is 35.4 Å². The molecule has 2 heterocycles. The Morgan fingerprint density at radius 3 is 2.47 bits per heavy atom. The van der Waals surface area contributed by atoms with Crippen molar-refractivity contribution in [2.24, 2.45) is 4.99 Å². The van der Waals surface area contributed by atoms with Crippen molar-refractivity contribution in [3.05, 3.63) is 59.8 Å². The van der Waals surface area contributed by atoms with Crippen LogP contribution in [-0.2, 0) is 6.54 Å². The number of nitrogens with one attached hydrogen (secondary N) is 2. The highest BCUT2D eigenvalue weighted by atomic mass is 127. The Bertz CT molecular complexity index is 889. The predicted octanol–water partition coefficient (Wildman–Crippen LogP) is 3.52. The zero-order valence-electron chi connectivity index (χ0n) is 19.5. The fourth-order valence-corrected chi connectivity index (χ4v) is 3.50. The van der Waals surface area contributed by atoms with Gasteiger partial charge in [-0.05, 0) is 57.5 Å². The molecule has 7 nitrogen and oxygen atoms in total. The monoisotopic (exact) mass is 550 g/mol. The summed E-state index contributed by atoms with van der Waals surface area (Å²) in [6.07, 6.45) is 1.84. The van der Waals surface area contributed by atoms with E-state index in [1.165, 1.54) is 0 Å². The van der Waals surface area contributed by atoms with Crippen molar-refractivity contribution < 1.29 is 4.79 Å². The van der Waals surface area contributed by atoms with Crippen molar-refractivity contribution >= 4 is 41.7 Å². The van der Waals surface area contributed by atoms with Crippen LogP contribution in [-0.4, -0.2) is 60.0 Å². The molecule has 0 bridgehead atoms. The molecule has 32 heavy (non-hydrogen) atoms. The maximum absolute atomic E-state index is 12.5. The number of carbonyl (C=O) groups is 1. The van der Waals surface area contributed by atoms with Crippen LogP contribution in [0.25, 0.3) is 0 Å². The lowest BCUT2D eigenvalue weighted by atomic mass is 10.1. The molecule has 174 valence electrons. The molecule has 1 fully saturated rings. The van der Waals surface area contributed by atoms with Crippen LogP contribution in [0.2, 0.25) is 0 Å². The average Bonchev–Trinajstić information content (AvgIpc) is 2.76. The molecule has 0 radical (unpaired) electrons. The summed E-state index contributed by atoms with van der Waals surface area (Å²) in [4.78, 5) is 26.4. The number of aliphatic imine (C=N–C) groups is 1. The Morgan fingerprint density at radius 2 is 1.84 bits per heavy atom. The zero-order valence-corrected chi connectivity index (χ0v) is 21.8. The van der Waals surface area contributed by atoms with Gasteiger partial charge in [0, 0.05) is 50.0 Å². The van der Waals surface area contributed by atoms with Crippen LogP contribution in [0.4, 0.5) is 5.82 Å². The number of hydrogen-bond donors (Lipinski definition) is 2. The van der Waals surface area contributed by atoms with Gasteiger partial charge in [0.15, 0.2) is 5.96 Å². The highest BCUT2D eigenvalue weighted by Crippen LogP contribution is 2.13. The molecule has 3 rings (SSSR count). The number of aromatic nitrogens is 1. The Kier molecular flexibility index (Phi) is 9.74. The van der Waals surface area contributed by atoms with Gasteiger partial charge in [-0.2, -0.15) is 0 Å². The number of guanidine groups is 1. The molecule has 1 aromatic heterocycles. The number of nitrogens with zero attached hydrogens (tertiary/aromatic N) is 4. The van der Waals surface area contributed by atoms with E-state index in [0.29, 0.717) is 12.1 Å². The molecule has 1 aromatic carbocycles. The van der Waals surface area contributed by atoms with E-state index < -0.39 is 0 Å². The van der Waals surface area contributed by atoms with Gasteiger partial charge in [0.05, 0.1) is 6.54 Å². The van der Waals surface area contributed by atoms with Gasteiger partial charge in [0.25, 0.3) is 5.91 Å². The maximum Gasteiger partial charge on any atom is 0.251 e. The van der Waals surface area contributed by atoms with Gasteiger partial charge in [-0.1, -0.05) is 18.2 Å². The highest BCUT2D eigenvalue weighted by Gasteiger charge is 2.20. The molecule has 2 N–H and O–H groups in total. The summed E-state index contributed by atoms with van der Waals surface area (Å²) in [5, 5.41) is 6.42. The summed E-state index contributed by atoms with van der Waals surface area (Å²) in [5.41, 5.74) is 1.42. The fourth-order valence-electron chi connectivity index (χ4n) is 3.50. The fraction of sp³-hybridized carbons (Fsp3) is 0.458. The van der Waals surface area contributed by atoms with E-state index in [0.717, 1.165) is 50.1 Å². The van der Waals surface area contributed by atoms with E-state index in [2.05, 4.69) is 38.4 Å². The Balaban J connectivity index is 0.00000363. The Morgan fingerprint density at radius 1 is 1.09 bits per heavy atom. The predicted molar refractivity (Wildman–Crippen MR) is 142 cm³/mol. The standard InChI is InChI=1S/C24H34N6O.HI/c1-5-25-23(30-15-13-29(14-16-30)21-11-6-7-12-26-21)27-18-19-9-8-10-20(17-19)22(31)28-24(2,3)4;/h6-12,17H,5,13-16,18H2,1-4H3,(H,25,27)(H,28,31);1H. The van der Waals surface area contributed by atoms with Crippen molar-refractivity contribution in [2.45, 2.75) is 39.8 Å². The minimum Gasteiger partial charge on any atom is -0.357 e. The molecule has 0 atom stereocenters. The first kappa shape index (κ1) is 25.9. The van der Waals surface area contributed by atoms with Crippen molar-refractivity contribution in [2.75, 3.05) is 37.6 Å². The van der Waals surface area contributed by atoms with Crippen molar-refractivity contribution in [3.63, 3.8) is 0 Å². The molecule has 1 amide bonds. The topological polar surface area (TPSA) is 72.9 Å². The molecule has 0 spiro atoms. The van der Waals surface area contributed by atoms with Gasteiger partial charge in [0.1, 0.15) is 5.82 Å². The molecule has 0 aliphatic carbocycles. The second-order valence-corrected chi connectivity index (χ2v) is 8.74. The summed E-state index contributed by atoms with van der Waals surface area (Å²) in [7, 11) is 0. The first-order valence-electron chi connectivity index (χ1n) is 11.0. The lowest BCUT2D eigenvalue weighted by molar-refractivity contribution is 0.0919. The van der Waals surface area contributed by atoms with Crippen molar-refractivity contribution in [1.82, 2.24) is 20.5 Å². The second kappa shape index (κ2) is 12.0. The molecule has 2 aromatic rings. The summed E-state index contributed by atoms with van der Waals surface area (Å²) in [6, 6.07) is 13.7. The van der Waals surface area contributed by atoms with Crippen LogP contribution in [0.15, 0.2) is 53.7 Å². The molecular formula is C24H35IN6O. The maximum atomic E-state index is 12.5. The minimum atomic E-state index is -0.263. The Labute approximate surface area is 208 Å². The number of halogens is 1. The van der Waals surface area contributed by atoms with Crippen molar-refractivity contribution in [3.8, 4) is 0 Å². The third-order valence-corrected chi connectivity index (χ3v) is 4.98. The SMILES string of the molecule is CCNC(=NCc1cccc(C(=O)NC(C)(C)C)c1)N1CCN(c2ccccn2)CC1.I. The van der Waals surface area contributed by atoms with Gasteiger partial charge < -0.3 is 20.4 Å². The van der Waals surface area contributed by atoms with Crippen LogP contribution in [0.1, 0.15) is 43.6 Å². The molecule has 1 aliphatic heterocycles. The van der Waals surface area contributed by atoms with Gasteiger partial charge in [-0.25, -0.2) is 9.98 Å². The molecule has 1 saturated heterocycles. The average molecular weight is 550 g/mol. The molecule has 0 saturated carbocycles. The van der Waals surface area contributed by atoms with E-state index >= 15 is 0 Å². The summed E-state index contributed by atoms with van der Waals surface area (Å²) >= 11 is 0. The lowest BCUT2D eigenvalue weighted by Gasteiger charge is -2.37. The highest BCUT2D eigenvalue weighted by molar-refractivity contribution is 14.0. The van der Waals surface area contributed by atoms with Crippen LogP contribution in [0.5, 0.6) is 0 Å². The van der Waals surface area contributed by atoms with Gasteiger partial charge >= 0.3 is 0 Å². The number of carbonyl (C=O) groups excluding carboxylic acids is 1. The van der Waals surface area contributed by atoms with Crippen LogP contribution in [0.3, 0.4) is 0 Å². The first-order chi connectivity index (χ1) is 14.9. The Hall–Kier alpha value is -2.36. The summed E-state index contributed by atoms with van der Waals surface area (Å²) < 4.78 is 0. The third-order valence-electron chi connectivity index (χ3n) is 4.98. The number of pyridine rings is 1. The third kappa shape index (κ3) is 7.65.